The summed E-state index contributed by atoms with van der Waals surface area (Å²) in [6.07, 6.45) is 0.631. The predicted octanol–water partition coefficient (Wildman–Crippen LogP) is 2.36. The zero-order valence-electron chi connectivity index (χ0n) is 14.2. The predicted molar refractivity (Wildman–Crippen MR) is 89.7 cm³/mol. The number of aliphatic imine (C=N–C) groups is 1. The highest BCUT2D eigenvalue weighted by Gasteiger charge is 2.43. The molecule has 0 aliphatic carbocycles. The molecule has 1 aliphatic heterocycles. The van der Waals surface area contributed by atoms with E-state index in [9.17, 15) is 9.90 Å². The lowest BCUT2D eigenvalue weighted by atomic mass is 9.89. The molecule has 0 saturated heterocycles. The molecule has 0 aromatic carbocycles. The molecule has 6 nitrogen and oxygen atoms in total. The SMILES string of the molecule is Cc1ccc(C(O)c2cccnc2C2=NC(C)(C(C)C)C(=O)N2)o1. The van der Waals surface area contributed by atoms with Crippen molar-refractivity contribution in [2.24, 2.45) is 10.9 Å². The summed E-state index contributed by atoms with van der Waals surface area (Å²) in [5.74, 6) is 1.41. The zero-order valence-corrected chi connectivity index (χ0v) is 14.2. The molecule has 2 N–H and O–H groups in total. The summed E-state index contributed by atoms with van der Waals surface area (Å²) < 4.78 is 5.51. The maximum Gasteiger partial charge on any atom is 0.253 e. The monoisotopic (exact) mass is 327 g/mol. The molecule has 2 atom stereocenters. The van der Waals surface area contributed by atoms with E-state index < -0.39 is 11.6 Å². The van der Waals surface area contributed by atoms with E-state index in [1.54, 1.807) is 37.4 Å². The molecule has 24 heavy (non-hydrogen) atoms. The fraction of sp³-hybridized carbons (Fsp3) is 0.389. The fourth-order valence-electron chi connectivity index (χ4n) is 2.64. The Morgan fingerprint density at radius 3 is 2.62 bits per heavy atom. The molecule has 6 heteroatoms. The van der Waals surface area contributed by atoms with Gasteiger partial charge in [0.1, 0.15) is 28.9 Å². The van der Waals surface area contributed by atoms with Gasteiger partial charge in [-0.1, -0.05) is 19.9 Å². The molecule has 0 bridgehead atoms. The van der Waals surface area contributed by atoms with E-state index in [4.69, 9.17) is 4.42 Å². The third-order valence-electron chi connectivity index (χ3n) is 4.55. The number of aryl methyl sites for hydroxylation is 1. The molecular weight excluding hydrogens is 306 g/mol. The highest BCUT2D eigenvalue weighted by Crippen LogP contribution is 2.30. The summed E-state index contributed by atoms with van der Waals surface area (Å²) >= 11 is 0. The Kier molecular flexibility index (Phi) is 4.01. The maximum atomic E-state index is 12.3. The van der Waals surface area contributed by atoms with Gasteiger partial charge in [-0.15, -0.1) is 0 Å². The van der Waals surface area contributed by atoms with Crippen LogP contribution in [0.15, 0.2) is 39.9 Å². The number of nitrogens with one attached hydrogen (secondary N) is 1. The number of rotatable bonds is 4. The first-order chi connectivity index (χ1) is 11.3. The molecule has 3 heterocycles. The van der Waals surface area contributed by atoms with Crippen LogP contribution in [0.25, 0.3) is 0 Å². The second-order valence-electron chi connectivity index (χ2n) is 6.51. The number of nitrogens with zero attached hydrogens (tertiary/aromatic N) is 2. The summed E-state index contributed by atoms with van der Waals surface area (Å²) in [6, 6.07) is 7.00. The van der Waals surface area contributed by atoms with Crippen LogP contribution in [0.3, 0.4) is 0 Å². The van der Waals surface area contributed by atoms with Gasteiger partial charge in [0.2, 0.25) is 0 Å². The van der Waals surface area contributed by atoms with Gasteiger partial charge in [-0.25, -0.2) is 4.99 Å². The Labute approximate surface area is 140 Å². The van der Waals surface area contributed by atoms with Crippen molar-refractivity contribution in [2.75, 3.05) is 0 Å². The number of amidine groups is 1. The van der Waals surface area contributed by atoms with Crippen molar-refractivity contribution in [3.63, 3.8) is 0 Å². The number of hydrogen-bond donors (Lipinski definition) is 2. The first kappa shape index (κ1) is 16.4. The van der Waals surface area contributed by atoms with Crippen LogP contribution < -0.4 is 5.32 Å². The van der Waals surface area contributed by atoms with Crippen molar-refractivity contribution >= 4 is 11.7 Å². The van der Waals surface area contributed by atoms with Crippen LogP contribution in [-0.2, 0) is 4.79 Å². The standard InChI is InChI=1S/C18H21N3O3/c1-10(2)18(4)17(23)20-16(21-18)14-12(6-5-9-19-14)15(22)13-8-7-11(3)24-13/h5-10,15,22H,1-4H3,(H,20,21,23). The minimum Gasteiger partial charge on any atom is -0.463 e. The largest absolute Gasteiger partial charge is 0.463 e. The summed E-state index contributed by atoms with van der Waals surface area (Å²) in [5.41, 5.74) is 0.159. The van der Waals surface area contributed by atoms with Crippen LogP contribution in [0.1, 0.15) is 49.7 Å². The number of aromatic nitrogens is 1. The first-order valence-corrected chi connectivity index (χ1v) is 7.94. The van der Waals surface area contributed by atoms with E-state index in [-0.39, 0.29) is 11.8 Å². The molecular formula is C18H21N3O3. The Bertz CT molecular complexity index is 809. The van der Waals surface area contributed by atoms with Crippen LogP contribution in [0.2, 0.25) is 0 Å². The van der Waals surface area contributed by atoms with Crippen LogP contribution in [0.5, 0.6) is 0 Å². The lowest BCUT2D eigenvalue weighted by Gasteiger charge is -2.21. The molecule has 2 unspecified atom stereocenters. The molecule has 0 spiro atoms. The van der Waals surface area contributed by atoms with E-state index in [0.29, 0.717) is 28.6 Å². The van der Waals surface area contributed by atoms with Gasteiger partial charge in [-0.05, 0) is 38.0 Å². The maximum absolute atomic E-state index is 12.3. The number of carbonyl (C=O) groups is 1. The average molecular weight is 327 g/mol. The summed E-state index contributed by atoms with van der Waals surface area (Å²) in [7, 11) is 0. The van der Waals surface area contributed by atoms with Crippen molar-refractivity contribution in [2.45, 2.75) is 39.3 Å². The molecule has 2 aromatic rings. The summed E-state index contributed by atoms with van der Waals surface area (Å²) in [4.78, 5) is 21.2. The van der Waals surface area contributed by atoms with Crippen LogP contribution in [0, 0.1) is 12.8 Å². The fourth-order valence-corrected chi connectivity index (χ4v) is 2.64. The van der Waals surface area contributed by atoms with Crippen LogP contribution >= 0.6 is 0 Å². The van der Waals surface area contributed by atoms with Gasteiger partial charge in [0, 0.05) is 11.8 Å². The highest BCUT2D eigenvalue weighted by atomic mass is 16.4. The number of hydrogen-bond acceptors (Lipinski definition) is 5. The topological polar surface area (TPSA) is 87.7 Å². The van der Waals surface area contributed by atoms with Crippen molar-refractivity contribution < 1.29 is 14.3 Å². The van der Waals surface area contributed by atoms with E-state index in [0.717, 1.165) is 0 Å². The van der Waals surface area contributed by atoms with E-state index in [1.807, 2.05) is 20.8 Å². The summed E-state index contributed by atoms with van der Waals surface area (Å²) in [5, 5.41) is 13.5. The molecule has 2 aromatic heterocycles. The van der Waals surface area contributed by atoms with Gasteiger partial charge in [0.25, 0.3) is 5.91 Å². The van der Waals surface area contributed by atoms with Gasteiger partial charge in [0.05, 0.1) is 0 Å². The Morgan fingerprint density at radius 2 is 2.04 bits per heavy atom. The average Bonchev–Trinajstić information content (AvgIpc) is 3.11. The van der Waals surface area contributed by atoms with E-state index in [1.165, 1.54) is 0 Å². The molecule has 0 radical (unpaired) electrons. The summed E-state index contributed by atoms with van der Waals surface area (Å²) in [6.45, 7) is 7.52. The number of furan rings is 1. The van der Waals surface area contributed by atoms with E-state index in [2.05, 4.69) is 15.3 Å². The number of carbonyl (C=O) groups excluding carboxylic acids is 1. The first-order valence-electron chi connectivity index (χ1n) is 7.94. The lowest BCUT2D eigenvalue weighted by molar-refractivity contribution is -0.124. The Hall–Kier alpha value is -2.47. The Morgan fingerprint density at radius 1 is 1.29 bits per heavy atom. The number of aliphatic hydroxyl groups is 1. The number of amides is 1. The molecule has 1 aliphatic rings. The highest BCUT2D eigenvalue weighted by molar-refractivity contribution is 6.15. The normalized spacial score (nSPS) is 21.8. The Balaban J connectivity index is 2.03. The van der Waals surface area contributed by atoms with Gasteiger partial charge >= 0.3 is 0 Å². The van der Waals surface area contributed by atoms with Gasteiger partial charge < -0.3 is 14.8 Å². The lowest BCUT2D eigenvalue weighted by Crippen LogP contribution is -2.41. The van der Waals surface area contributed by atoms with Gasteiger partial charge in [-0.2, -0.15) is 0 Å². The van der Waals surface area contributed by atoms with Crippen molar-refractivity contribution in [3.05, 3.63) is 53.2 Å². The minimum absolute atomic E-state index is 0.0415. The molecule has 126 valence electrons. The second kappa shape index (κ2) is 5.87. The second-order valence-corrected chi connectivity index (χ2v) is 6.51. The molecule has 0 fully saturated rings. The molecule has 0 saturated carbocycles. The molecule has 1 amide bonds. The zero-order chi connectivity index (χ0) is 17.5. The van der Waals surface area contributed by atoms with Crippen LogP contribution in [-0.4, -0.2) is 27.4 Å². The third kappa shape index (κ3) is 2.63. The third-order valence-corrected chi connectivity index (χ3v) is 4.55. The van der Waals surface area contributed by atoms with Gasteiger partial charge in [0.15, 0.2) is 5.84 Å². The van der Waals surface area contributed by atoms with Crippen molar-refractivity contribution in [1.82, 2.24) is 10.3 Å². The number of aliphatic hydroxyl groups excluding tert-OH is 1. The minimum atomic E-state index is -0.979. The van der Waals surface area contributed by atoms with Crippen LogP contribution in [0.4, 0.5) is 0 Å². The van der Waals surface area contributed by atoms with Gasteiger partial charge in [-0.3, -0.25) is 9.78 Å². The smallest absolute Gasteiger partial charge is 0.253 e. The van der Waals surface area contributed by atoms with Crippen molar-refractivity contribution in [1.29, 1.82) is 0 Å². The number of pyridine rings is 1. The molecule has 3 rings (SSSR count). The van der Waals surface area contributed by atoms with E-state index >= 15 is 0 Å². The quantitative estimate of drug-likeness (QED) is 0.902. The van der Waals surface area contributed by atoms with Crippen molar-refractivity contribution in [3.8, 4) is 0 Å².